The minimum atomic E-state index is -1.13. The van der Waals surface area contributed by atoms with E-state index in [2.05, 4.69) is 86.8 Å². The molecule has 0 aliphatic heterocycles. The number of unbranched alkanes of at least 4 members (excludes halogenated alkanes) is 22. The predicted octanol–water partition coefficient (Wildman–Crippen LogP) is 13.0. The highest BCUT2D eigenvalue weighted by Gasteiger charge is 2.25. The Morgan fingerprint density at radius 2 is 0.855 bits per heavy atom. The van der Waals surface area contributed by atoms with Crippen molar-refractivity contribution < 1.29 is 38.2 Å². The van der Waals surface area contributed by atoms with Crippen LogP contribution in [0.4, 0.5) is 0 Å². The van der Waals surface area contributed by atoms with E-state index in [1.165, 1.54) is 103 Å². The highest BCUT2D eigenvalue weighted by atomic mass is 16.6. The predicted molar refractivity (Wildman–Crippen MR) is 259 cm³/mol. The number of carbonyl (C=O) groups excluding carboxylic acids is 3. The molecular weight excluding hydrogens is 775 g/mol. The van der Waals surface area contributed by atoms with Gasteiger partial charge < -0.3 is 28.6 Å². The maximum atomic E-state index is 12.8. The zero-order valence-corrected chi connectivity index (χ0v) is 40.5. The van der Waals surface area contributed by atoms with Gasteiger partial charge in [0, 0.05) is 19.3 Å². The summed E-state index contributed by atoms with van der Waals surface area (Å²) in [6.45, 7) is 4.58. The molecule has 0 heterocycles. The quantitative estimate of drug-likeness (QED) is 0.0260. The van der Waals surface area contributed by atoms with Gasteiger partial charge in [-0.25, -0.2) is 0 Å². The van der Waals surface area contributed by atoms with Crippen LogP contribution in [0.2, 0.25) is 0 Å². The van der Waals surface area contributed by atoms with E-state index in [0.717, 1.165) is 64.2 Å². The lowest BCUT2D eigenvalue weighted by Crippen LogP contribution is -2.55. The van der Waals surface area contributed by atoms with E-state index < -0.39 is 18.1 Å². The molecule has 0 bridgehead atoms. The van der Waals surface area contributed by atoms with Gasteiger partial charge in [0.2, 0.25) is 0 Å². The summed E-state index contributed by atoms with van der Waals surface area (Å²) in [4.78, 5) is 37.0. The molecule has 0 rings (SSSR count). The maximum Gasteiger partial charge on any atom is 0.306 e. The average molecular weight is 868 g/mol. The van der Waals surface area contributed by atoms with E-state index in [1.807, 2.05) is 0 Å². The van der Waals surface area contributed by atoms with E-state index in [1.54, 1.807) is 21.1 Å². The number of nitrogens with zero attached hydrogens (tertiary/aromatic N) is 1. The van der Waals surface area contributed by atoms with Gasteiger partial charge in [-0.1, -0.05) is 189 Å². The van der Waals surface area contributed by atoms with Crippen molar-refractivity contribution in [3.05, 3.63) is 72.9 Å². The van der Waals surface area contributed by atoms with Gasteiger partial charge in [0.15, 0.2) is 6.10 Å². The molecule has 62 heavy (non-hydrogen) atoms. The van der Waals surface area contributed by atoms with Gasteiger partial charge in [-0.15, -0.1) is 0 Å². The third-order valence-electron chi connectivity index (χ3n) is 10.9. The third kappa shape index (κ3) is 42.1. The molecule has 0 aliphatic rings. The summed E-state index contributed by atoms with van der Waals surface area (Å²) in [6, 6.07) is -0.734. The Bertz CT molecular complexity index is 1240. The van der Waals surface area contributed by atoms with Gasteiger partial charge in [0.25, 0.3) is 0 Å². The molecular formula is C54H93NO7. The van der Waals surface area contributed by atoms with Crippen molar-refractivity contribution >= 4 is 17.9 Å². The number of rotatable bonds is 44. The maximum absolute atomic E-state index is 12.8. The number of carboxylic acids is 1. The van der Waals surface area contributed by atoms with Gasteiger partial charge in [0.1, 0.15) is 12.6 Å². The first-order valence-electron chi connectivity index (χ1n) is 25.0. The summed E-state index contributed by atoms with van der Waals surface area (Å²) in [5.74, 6) is -1.77. The van der Waals surface area contributed by atoms with E-state index in [9.17, 15) is 19.5 Å². The van der Waals surface area contributed by atoms with E-state index in [-0.39, 0.29) is 42.7 Å². The highest BCUT2D eigenvalue weighted by molar-refractivity contribution is 5.70. The number of esters is 2. The number of ether oxygens (including phenoxy) is 3. The normalized spacial score (nSPS) is 13.5. The fourth-order valence-electron chi connectivity index (χ4n) is 7.01. The van der Waals surface area contributed by atoms with Gasteiger partial charge in [-0.2, -0.15) is 0 Å². The zero-order valence-electron chi connectivity index (χ0n) is 40.5. The van der Waals surface area contributed by atoms with Crippen LogP contribution in [-0.4, -0.2) is 75.5 Å². The number of allylic oxidation sites excluding steroid dienone is 12. The standard InChI is InChI=1S/C54H93NO7/c1-6-8-10-12-14-16-18-20-22-24-26-27-29-31-33-35-37-39-41-43-45-53(57)62-50(48-60-47-46-51(54(58)59)55(3,4)5)49-61-52(56)44-42-40-38-36-34-32-30-28-25-23-21-19-17-15-13-11-9-7-2/h15-23,25,28,30,50-51H,6-14,24,26-27,29,31-49H2,1-5H3/b17-15+,18-16+,21-19+,22-20+,25-23+,30-28+. The molecule has 0 N–H and O–H groups in total. The van der Waals surface area contributed by atoms with Crippen molar-refractivity contribution in [1.82, 2.24) is 0 Å². The molecule has 8 heteroatoms. The minimum Gasteiger partial charge on any atom is -0.544 e. The molecule has 0 radical (unpaired) electrons. The Balaban J connectivity index is 4.33. The molecule has 356 valence electrons. The summed E-state index contributed by atoms with van der Waals surface area (Å²) in [6.07, 6.45) is 56.3. The second-order valence-electron chi connectivity index (χ2n) is 17.8. The third-order valence-corrected chi connectivity index (χ3v) is 10.9. The van der Waals surface area contributed by atoms with E-state index >= 15 is 0 Å². The molecule has 2 unspecified atom stereocenters. The molecule has 8 nitrogen and oxygen atoms in total. The monoisotopic (exact) mass is 868 g/mol. The van der Waals surface area contributed by atoms with Crippen LogP contribution in [0.5, 0.6) is 0 Å². The minimum absolute atomic E-state index is 0.0285. The van der Waals surface area contributed by atoms with Crippen molar-refractivity contribution in [3.63, 3.8) is 0 Å². The van der Waals surface area contributed by atoms with Crippen molar-refractivity contribution in [2.45, 2.75) is 212 Å². The summed E-state index contributed by atoms with van der Waals surface area (Å²) in [5.41, 5.74) is 0. The molecule has 0 aromatic rings. The number of carbonyl (C=O) groups is 3. The first kappa shape index (κ1) is 58.8. The largest absolute Gasteiger partial charge is 0.544 e. The molecule has 2 atom stereocenters. The van der Waals surface area contributed by atoms with Gasteiger partial charge >= 0.3 is 11.9 Å². The molecule has 0 amide bonds. The Morgan fingerprint density at radius 3 is 1.31 bits per heavy atom. The summed E-state index contributed by atoms with van der Waals surface area (Å²) < 4.78 is 17.2. The average Bonchev–Trinajstić information content (AvgIpc) is 3.23. The summed E-state index contributed by atoms with van der Waals surface area (Å²) in [7, 11) is 5.40. The van der Waals surface area contributed by atoms with Crippen LogP contribution in [0.25, 0.3) is 0 Å². The Labute approximate surface area is 381 Å². The number of aliphatic carboxylic acids is 1. The Morgan fingerprint density at radius 1 is 0.484 bits per heavy atom. The zero-order chi connectivity index (χ0) is 45.6. The lowest BCUT2D eigenvalue weighted by Gasteiger charge is -2.34. The van der Waals surface area contributed by atoms with Gasteiger partial charge in [-0.3, -0.25) is 9.59 Å². The van der Waals surface area contributed by atoms with Crippen molar-refractivity contribution in [3.8, 4) is 0 Å². The number of hydrogen-bond donors (Lipinski definition) is 0. The SMILES string of the molecule is CCCCC/C=C/C=C/C=C/C=C/CCCCCCCC(=O)OCC(COCCC(C(=O)[O-])[N+](C)(C)C)OC(=O)CCCCCCCCCCCC/C=C/C=C/CCCCCC. The second kappa shape index (κ2) is 44.4. The first-order chi connectivity index (χ1) is 30.1. The number of likely N-dealkylation sites (N-methyl/N-ethyl adjacent to an activating group) is 1. The van der Waals surface area contributed by atoms with Crippen molar-refractivity contribution in [2.24, 2.45) is 0 Å². The van der Waals surface area contributed by atoms with Crippen LogP contribution in [0.1, 0.15) is 200 Å². The van der Waals surface area contributed by atoms with Crippen LogP contribution in [0, 0.1) is 0 Å². The Hall–Kier alpha value is -3.23. The molecule has 0 saturated heterocycles. The molecule has 0 saturated carbocycles. The lowest BCUT2D eigenvalue weighted by molar-refractivity contribution is -0.889. The van der Waals surface area contributed by atoms with Gasteiger partial charge in [-0.05, 0) is 64.2 Å². The highest BCUT2D eigenvalue weighted by Crippen LogP contribution is 2.14. The molecule has 0 aliphatic carbocycles. The van der Waals surface area contributed by atoms with Crippen molar-refractivity contribution in [1.29, 1.82) is 0 Å². The molecule has 0 aromatic heterocycles. The number of hydrogen-bond acceptors (Lipinski definition) is 7. The number of quaternary nitrogens is 1. The van der Waals surface area contributed by atoms with E-state index in [0.29, 0.717) is 12.8 Å². The van der Waals surface area contributed by atoms with Crippen LogP contribution in [0.15, 0.2) is 72.9 Å². The molecule has 0 fully saturated rings. The fourth-order valence-corrected chi connectivity index (χ4v) is 7.01. The van der Waals surface area contributed by atoms with Crippen LogP contribution >= 0.6 is 0 Å². The number of carboxylic acid groups (broad SMARTS) is 1. The summed E-state index contributed by atoms with van der Waals surface area (Å²) in [5, 5.41) is 11.7. The van der Waals surface area contributed by atoms with Crippen molar-refractivity contribution in [2.75, 3.05) is 41.0 Å². The second-order valence-corrected chi connectivity index (χ2v) is 17.8. The lowest BCUT2D eigenvalue weighted by atomic mass is 10.1. The topological polar surface area (TPSA) is 102 Å². The summed E-state index contributed by atoms with van der Waals surface area (Å²) >= 11 is 0. The van der Waals surface area contributed by atoms with Crippen LogP contribution in [0.3, 0.4) is 0 Å². The fraction of sp³-hybridized carbons (Fsp3) is 0.722. The van der Waals surface area contributed by atoms with Crippen LogP contribution in [-0.2, 0) is 28.6 Å². The first-order valence-corrected chi connectivity index (χ1v) is 25.0. The van der Waals surface area contributed by atoms with E-state index in [4.69, 9.17) is 14.2 Å². The molecule has 0 aromatic carbocycles. The van der Waals surface area contributed by atoms with Crippen LogP contribution < -0.4 is 5.11 Å². The van der Waals surface area contributed by atoms with Gasteiger partial charge in [0.05, 0.1) is 40.3 Å². The molecule has 0 spiro atoms. The Kier molecular flexibility index (Phi) is 42.1. The smallest absolute Gasteiger partial charge is 0.306 e.